The Kier molecular flexibility index (Phi) is 70.8. The van der Waals surface area contributed by atoms with Crippen molar-refractivity contribution in [3.63, 3.8) is 0 Å². The van der Waals surface area contributed by atoms with Gasteiger partial charge in [-0.2, -0.15) is 0 Å². The van der Waals surface area contributed by atoms with Gasteiger partial charge in [0.15, 0.2) is 6.10 Å². The molecule has 2 unspecified atom stereocenters. The van der Waals surface area contributed by atoms with Crippen LogP contribution in [0, 0.1) is 0 Å². The number of hydrogen-bond acceptors (Lipinski definition) is 8. The quantitative estimate of drug-likeness (QED) is 0.0264. The SMILES string of the molecule is CCCCCCCCCC/C=C\CCCCCCCCCCCCCCCCCCCCCC(=O)OC(COC(=O)CCCCCCCCCCCCCCCCCCCCCCCCCCCCCCCCCCC)COP(=O)(O)OCCN. The zero-order valence-electron chi connectivity index (χ0n) is 57.1. The van der Waals surface area contributed by atoms with Gasteiger partial charge in [-0.05, 0) is 38.5 Å². The number of phosphoric acid groups is 1. The monoisotopic (exact) mass is 1220 g/mol. The average Bonchev–Trinajstić information content (AvgIpc) is 3.52. The van der Waals surface area contributed by atoms with E-state index in [9.17, 15) is 19.0 Å². The summed E-state index contributed by atoms with van der Waals surface area (Å²) in [5.74, 6) is -0.798. The van der Waals surface area contributed by atoms with Crippen LogP contribution in [-0.4, -0.2) is 49.3 Å². The minimum atomic E-state index is -4.39. The maximum Gasteiger partial charge on any atom is 0.472 e. The number of allylic oxidation sites excluding steroid dienone is 2. The summed E-state index contributed by atoms with van der Waals surface area (Å²) in [6.45, 7) is 3.84. The molecule has 0 bridgehead atoms. The Morgan fingerprint density at radius 1 is 0.341 bits per heavy atom. The normalized spacial score (nSPS) is 12.8. The summed E-state index contributed by atoms with van der Waals surface area (Å²) in [7, 11) is -4.39. The van der Waals surface area contributed by atoms with Gasteiger partial charge in [-0.25, -0.2) is 4.57 Å². The molecule has 0 aliphatic rings. The van der Waals surface area contributed by atoms with E-state index in [1.807, 2.05) is 0 Å². The van der Waals surface area contributed by atoms with Crippen LogP contribution in [0.5, 0.6) is 0 Å². The molecule has 0 saturated heterocycles. The summed E-state index contributed by atoms with van der Waals surface area (Å²) in [4.78, 5) is 35.4. The lowest BCUT2D eigenvalue weighted by molar-refractivity contribution is -0.161. The second kappa shape index (κ2) is 71.8. The molecule has 0 amide bonds. The Balaban J connectivity index is 3.76. The topological polar surface area (TPSA) is 134 Å². The van der Waals surface area contributed by atoms with E-state index in [1.54, 1.807) is 0 Å². The van der Waals surface area contributed by atoms with Gasteiger partial charge in [-0.3, -0.25) is 18.6 Å². The molecule has 0 heterocycles. The van der Waals surface area contributed by atoms with E-state index in [2.05, 4.69) is 26.0 Å². The van der Waals surface area contributed by atoms with E-state index >= 15 is 0 Å². The predicted molar refractivity (Wildman–Crippen MR) is 368 cm³/mol. The molecule has 0 aromatic rings. The highest BCUT2D eigenvalue weighted by Crippen LogP contribution is 2.43. The minimum Gasteiger partial charge on any atom is -0.462 e. The van der Waals surface area contributed by atoms with Gasteiger partial charge < -0.3 is 20.1 Å². The Morgan fingerprint density at radius 2 is 0.576 bits per heavy atom. The van der Waals surface area contributed by atoms with Crippen LogP contribution in [0.2, 0.25) is 0 Å². The van der Waals surface area contributed by atoms with E-state index in [0.717, 1.165) is 32.1 Å². The third-order valence-electron chi connectivity index (χ3n) is 17.7. The number of carbonyl (C=O) groups is 2. The van der Waals surface area contributed by atoms with Gasteiger partial charge in [0.2, 0.25) is 0 Å². The summed E-state index contributed by atoms with van der Waals surface area (Å²) in [6.07, 6.45) is 87.7. The number of hydrogen-bond donors (Lipinski definition) is 2. The summed E-state index contributed by atoms with van der Waals surface area (Å²) in [5.41, 5.74) is 5.41. The number of rotatable bonds is 74. The van der Waals surface area contributed by atoms with Crippen LogP contribution in [0.4, 0.5) is 0 Å². The Labute approximate surface area is 530 Å². The zero-order chi connectivity index (χ0) is 61.6. The number of phosphoric ester groups is 1. The van der Waals surface area contributed by atoms with Gasteiger partial charge in [0.25, 0.3) is 0 Å². The molecule has 0 aromatic heterocycles. The summed E-state index contributed by atoms with van der Waals surface area (Å²) in [6, 6.07) is 0. The molecule has 0 aliphatic heterocycles. The maximum atomic E-state index is 12.8. The van der Waals surface area contributed by atoms with Crippen LogP contribution in [0.25, 0.3) is 0 Å². The van der Waals surface area contributed by atoms with Crippen LogP contribution >= 0.6 is 7.82 Å². The first-order valence-electron chi connectivity index (χ1n) is 38.2. The lowest BCUT2D eigenvalue weighted by atomic mass is 10.0. The number of carbonyl (C=O) groups excluding carboxylic acids is 2. The first kappa shape index (κ1) is 83.8. The zero-order valence-corrected chi connectivity index (χ0v) is 58.0. The predicted octanol–water partition coefficient (Wildman–Crippen LogP) is 25.1. The maximum absolute atomic E-state index is 12.8. The molecule has 85 heavy (non-hydrogen) atoms. The molecule has 0 spiro atoms. The van der Waals surface area contributed by atoms with E-state index in [4.69, 9.17) is 24.3 Å². The van der Waals surface area contributed by atoms with Crippen molar-refractivity contribution in [2.24, 2.45) is 5.73 Å². The van der Waals surface area contributed by atoms with Crippen LogP contribution in [0.1, 0.15) is 425 Å². The fourth-order valence-electron chi connectivity index (χ4n) is 12.0. The van der Waals surface area contributed by atoms with E-state index in [1.165, 1.54) is 360 Å². The largest absolute Gasteiger partial charge is 0.472 e. The van der Waals surface area contributed by atoms with Crippen molar-refractivity contribution in [2.75, 3.05) is 26.4 Å². The fourth-order valence-corrected chi connectivity index (χ4v) is 12.8. The van der Waals surface area contributed by atoms with Gasteiger partial charge in [-0.1, -0.05) is 386 Å². The molecule has 506 valence electrons. The highest BCUT2D eigenvalue weighted by Gasteiger charge is 2.26. The van der Waals surface area contributed by atoms with Gasteiger partial charge in [0, 0.05) is 19.4 Å². The van der Waals surface area contributed by atoms with Gasteiger partial charge in [0.05, 0.1) is 13.2 Å². The van der Waals surface area contributed by atoms with Crippen molar-refractivity contribution in [3.8, 4) is 0 Å². The summed E-state index contributed by atoms with van der Waals surface area (Å²) < 4.78 is 33.3. The average molecular weight is 1220 g/mol. The van der Waals surface area contributed by atoms with Crippen molar-refractivity contribution in [1.29, 1.82) is 0 Å². The molecular formula is C75H148NO8P. The number of ether oxygens (including phenoxy) is 2. The molecular weight excluding hydrogens is 1070 g/mol. The second-order valence-electron chi connectivity index (χ2n) is 26.2. The second-order valence-corrected chi connectivity index (χ2v) is 27.7. The third kappa shape index (κ3) is 71.7. The first-order chi connectivity index (χ1) is 41.8. The Morgan fingerprint density at radius 3 is 0.835 bits per heavy atom. The van der Waals surface area contributed by atoms with Crippen LogP contribution in [0.3, 0.4) is 0 Å². The molecule has 0 saturated carbocycles. The summed E-state index contributed by atoms with van der Waals surface area (Å²) >= 11 is 0. The van der Waals surface area contributed by atoms with Crippen molar-refractivity contribution in [2.45, 2.75) is 431 Å². The van der Waals surface area contributed by atoms with Gasteiger partial charge in [0.1, 0.15) is 6.61 Å². The van der Waals surface area contributed by atoms with Gasteiger partial charge in [-0.15, -0.1) is 0 Å². The highest BCUT2D eigenvalue weighted by molar-refractivity contribution is 7.47. The fraction of sp³-hybridized carbons (Fsp3) is 0.947. The van der Waals surface area contributed by atoms with E-state index < -0.39 is 26.5 Å². The Bertz CT molecular complexity index is 1400. The van der Waals surface area contributed by atoms with Crippen LogP contribution in [-0.2, 0) is 32.7 Å². The molecule has 10 heteroatoms. The molecule has 0 radical (unpaired) electrons. The number of unbranched alkanes of at least 4 members (excludes halogenated alkanes) is 59. The molecule has 0 aliphatic carbocycles. The van der Waals surface area contributed by atoms with E-state index in [-0.39, 0.29) is 38.6 Å². The van der Waals surface area contributed by atoms with Crippen molar-refractivity contribution in [1.82, 2.24) is 0 Å². The van der Waals surface area contributed by atoms with Gasteiger partial charge >= 0.3 is 19.8 Å². The molecule has 0 rings (SSSR count). The molecule has 3 N–H and O–H groups in total. The standard InChI is InChI=1S/C75H148NO8P/c1-3-5-7-9-11-13-15-17-19-21-23-25-27-29-31-33-35-36-38-39-41-43-45-47-49-51-53-55-57-59-61-63-65-67-74(77)81-71-73(72-83-85(79,80)82-70-69-76)84-75(78)68-66-64-62-60-58-56-54-52-50-48-46-44-42-40-37-34-32-30-28-26-24-22-20-18-16-14-12-10-8-6-4-2/h22,24,73H,3-21,23,25-72,76H2,1-2H3,(H,79,80)/b24-22-. The first-order valence-corrected chi connectivity index (χ1v) is 39.7. The molecule has 2 atom stereocenters. The van der Waals surface area contributed by atoms with Crippen LogP contribution < -0.4 is 5.73 Å². The van der Waals surface area contributed by atoms with Crippen LogP contribution in [0.15, 0.2) is 12.2 Å². The van der Waals surface area contributed by atoms with Crippen molar-refractivity contribution >= 4 is 19.8 Å². The number of nitrogens with two attached hydrogens (primary N) is 1. The highest BCUT2D eigenvalue weighted by atomic mass is 31.2. The number of esters is 2. The third-order valence-corrected chi connectivity index (χ3v) is 18.6. The lowest BCUT2D eigenvalue weighted by Gasteiger charge is -2.19. The summed E-state index contributed by atoms with van der Waals surface area (Å²) in [5, 5.41) is 0. The van der Waals surface area contributed by atoms with E-state index in [0.29, 0.717) is 6.42 Å². The molecule has 0 fully saturated rings. The Hall–Kier alpha value is -1.25. The molecule has 9 nitrogen and oxygen atoms in total. The minimum absolute atomic E-state index is 0.0579. The van der Waals surface area contributed by atoms with Crippen molar-refractivity contribution in [3.05, 3.63) is 12.2 Å². The lowest BCUT2D eigenvalue weighted by Crippen LogP contribution is -2.29. The smallest absolute Gasteiger partial charge is 0.462 e. The van der Waals surface area contributed by atoms with Crippen molar-refractivity contribution < 1.29 is 37.6 Å². The molecule has 0 aromatic carbocycles.